The first-order valence-corrected chi connectivity index (χ1v) is 14.2. The molecule has 0 saturated heterocycles. The van der Waals surface area contributed by atoms with Crippen LogP contribution in [0.3, 0.4) is 0 Å². The number of hydrogen-bond donors (Lipinski definition) is 0. The van der Waals surface area contributed by atoms with Gasteiger partial charge in [-0.25, -0.2) is 0 Å². The summed E-state index contributed by atoms with van der Waals surface area (Å²) in [5.74, 6) is 0. The Morgan fingerprint density at radius 1 is 0.800 bits per heavy atom. The van der Waals surface area contributed by atoms with Crippen LogP contribution < -0.4 is 0 Å². The van der Waals surface area contributed by atoms with Gasteiger partial charge in [-0.15, -0.1) is 0 Å². The fourth-order valence-electron chi connectivity index (χ4n) is 0. The average Bonchev–Trinajstić information content (AvgIpc) is 0.722. The minimum absolute atomic E-state index is 2.72. The van der Waals surface area contributed by atoms with E-state index in [1.165, 1.54) is 0 Å². The SMILES string of the molecule is [S]=[Os](=[S])(=[S])=[S]. The molecule has 0 aliphatic carbocycles. The van der Waals surface area contributed by atoms with Gasteiger partial charge in [0.25, 0.3) is 0 Å². The first kappa shape index (κ1) is 6.52. The Kier molecular flexibility index (Phi) is 2.60. The third-order valence-corrected chi connectivity index (χ3v) is 0. The Morgan fingerprint density at radius 2 is 0.800 bits per heavy atom. The quantitative estimate of drug-likeness (QED) is 0.673. The second-order valence-electron chi connectivity index (χ2n) is 0.354. The molecule has 0 saturated carbocycles. The fourth-order valence-corrected chi connectivity index (χ4v) is 0. The number of hydrogen-bond acceptors (Lipinski definition) is 4. The second kappa shape index (κ2) is 1.99. The van der Waals surface area contributed by atoms with Crippen LogP contribution in [0.2, 0.25) is 0 Å². The van der Waals surface area contributed by atoms with E-state index in [2.05, 4.69) is 40.2 Å². The molecule has 5 heteroatoms. The first-order valence-electron chi connectivity index (χ1n) is 0.577. The van der Waals surface area contributed by atoms with Crippen LogP contribution in [-0.2, 0) is 7.98 Å². The third kappa shape index (κ3) is 29.7. The van der Waals surface area contributed by atoms with Crippen molar-refractivity contribution in [2.24, 2.45) is 0 Å². The summed E-state index contributed by atoms with van der Waals surface area (Å²) in [7, 11) is 15.1. The summed E-state index contributed by atoms with van der Waals surface area (Å²) in [5.41, 5.74) is 0. The normalized spacial score (nSPS) is 11.2. The zero-order valence-electron chi connectivity index (χ0n) is 1.99. The Bertz CT molecular complexity index is 155. The maximum atomic E-state index is 4.47. The Labute approximate surface area is 47.8 Å². The van der Waals surface area contributed by atoms with Crippen molar-refractivity contribution in [1.82, 2.24) is 0 Å². The van der Waals surface area contributed by atoms with Gasteiger partial charge in [-0.2, -0.15) is 0 Å². The van der Waals surface area contributed by atoms with Gasteiger partial charge in [0.1, 0.15) is 0 Å². The van der Waals surface area contributed by atoms with Crippen molar-refractivity contribution >= 4 is 40.2 Å². The topological polar surface area (TPSA) is 0 Å². The monoisotopic (exact) mass is 320 g/mol. The molecule has 0 aromatic heterocycles. The molecule has 0 radical (unpaired) electrons. The molecule has 0 atom stereocenters. The molecule has 0 nitrogen and oxygen atoms in total. The zero-order valence-corrected chi connectivity index (χ0v) is 7.79. The van der Waals surface area contributed by atoms with Crippen LogP contribution in [0.4, 0.5) is 0 Å². The summed E-state index contributed by atoms with van der Waals surface area (Å²) in [6.45, 7) is 0. The molecule has 0 amide bonds. The third-order valence-electron chi connectivity index (χ3n) is 0. The standard InChI is InChI=1S/Os.4S. The molecule has 0 fully saturated rings. The van der Waals surface area contributed by atoms with E-state index in [1.54, 1.807) is 0 Å². The molecule has 5 heavy (non-hydrogen) atoms. The molecule has 32 valence electrons. The van der Waals surface area contributed by atoms with Gasteiger partial charge in [-0.3, -0.25) is 0 Å². The fraction of sp³-hybridized carbons (Fsp3) is 0. The Hall–Kier alpha value is 1.52. The molecule has 0 aromatic rings. The van der Waals surface area contributed by atoms with Crippen LogP contribution in [0.15, 0.2) is 0 Å². The van der Waals surface area contributed by atoms with Crippen LogP contribution in [0.1, 0.15) is 0 Å². The van der Waals surface area contributed by atoms with E-state index >= 15 is 0 Å². The maximum absolute atomic E-state index is 4.47. The molecule has 0 bridgehead atoms. The molecule has 0 aliphatic heterocycles. The summed E-state index contributed by atoms with van der Waals surface area (Å²) in [5, 5.41) is 0. The summed E-state index contributed by atoms with van der Waals surface area (Å²) in [6.07, 6.45) is 0. The molecule has 0 spiro atoms. The molecular weight excluding hydrogens is 318 g/mol. The molecular formula is OsS4. The average molecular weight is 318 g/mol. The van der Waals surface area contributed by atoms with Crippen LogP contribution >= 0.6 is 40.2 Å². The van der Waals surface area contributed by atoms with E-state index in [0.29, 0.717) is 0 Å². The van der Waals surface area contributed by atoms with Gasteiger partial charge in [-0.05, 0) is 0 Å². The first-order chi connectivity index (χ1) is 2.00. The molecule has 0 aliphatic rings. The Morgan fingerprint density at radius 3 is 0.800 bits per heavy atom. The van der Waals surface area contributed by atoms with Gasteiger partial charge in [0.2, 0.25) is 0 Å². The summed E-state index contributed by atoms with van der Waals surface area (Å²) < 4.78 is 0. The summed E-state index contributed by atoms with van der Waals surface area (Å²) in [6, 6.07) is 0. The predicted molar refractivity (Wildman–Crippen MR) is 30.4 cm³/mol. The van der Waals surface area contributed by atoms with E-state index in [-0.39, 0.29) is 0 Å². The van der Waals surface area contributed by atoms with Crippen molar-refractivity contribution in [1.29, 1.82) is 0 Å². The van der Waals surface area contributed by atoms with E-state index in [0.717, 1.165) is 0 Å². The van der Waals surface area contributed by atoms with Gasteiger partial charge >= 0.3 is 48.2 Å². The van der Waals surface area contributed by atoms with Crippen molar-refractivity contribution in [2.45, 2.75) is 0 Å². The number of rotatable bonds is 0. The second-order valence-corrected chi connectivity index (χ2v) is 26.0. The van der Waals surface area contributed by atoms with Crippen LogP contribution in [0.25, 0.3) is 0 Å². The van der Waals surface area contributed by atoms with E-state index in [9.17, 15) is 0 Å². The van der Waals surface area contributed by atoms with Crippen LogP contribution in [0.5, 0.6) is 0 Å². The van der Waals surface area contributed by atoms with Crippen molar-refractivity contribution in [3.8, 4) is 0 Å². The molecule has 0 N–H and O–H groups in total. The molecule has 0 rings (SSSR count). The van der Waals surface area contributed by atoms with Crippen molar-refractivity contribution in [3.63, 3.8) is 0 Å². The van der Waals surface area contributed by atoms with Crippen molar-refractivity contribution in [3.05, 3.63) is 0 Å². The van der Waals surface area contributed by atoms with Gasteiger partial charge in [0.05, 0.1) is 0 Å². The van der Waals surface area contributed by atoms with Crippen LogP contribution in [0, 0.1) is 0 Å². The van der Waals surface area contributed by atoms with E-state index < -0.39 is 7.98 Å². The van der Waals surface area contributed by atoms with Gasteiger partial charge in [0.15, 0.2) is 0 Å². The van der Waals surface area contributed by atoms with Gasteiger partial charge in [0, 0.05) is 0 Å². The van der Waals surface area contributed by atoms with E-state index in [4.69, 9.17) is 0 Å². The van der Waals surface area contributed by atoms with Gasteiger partial charge < -0.3 is 0 Å². The minimum atomic E-state index is -2.72. The van der Waals surface area contributed by atoms with E-state index in [1.807, 2.05) is 0 Å². The molecule has 0 aromatic carbocycles. The van der Waals surface area contributed by atoms with Crippen LogP contribution in [-0.4, -0.2) is 0 Å². The van der Waals surface area contributed by atoms with Crippen molar-refractivity contribution < 1.29 is 7.98 Å². The molecule has 0 heterocycles. The summed E-state index contributed by atoms with van der Waals surface area (Å²) in [4.78, 5) is 0. The summed E-state index contributed by atoms with van der Waals surface area (Å²) >= 11 is 0. The van der Waals surface area contributed by atoms with Gasteiger partial charge in [-0.1, -0.05) is 0 Å². The predicted octanol–water partition coefficient (Wildman–Crippen LogP) is 2.59. The Balaban J connectivity index is 6.05. The zero-order chi connectivity index (χ0) is 4.50. The van der Waals surface area contributed by atoms with Crippen molar-refractivity contribution in [2.75, 3.05) is 0 Å². The molecule has 0 unspecified atom stereocenters.